The third kappa shape index (κ3) is 4.95. The minimum Gasteiger partial charge on any atom is -0.497 e. The van der Waals surface area contributed by atoms with Crippen LogP contribution in [-0.4, -0.2) is 34.1 Å². The normalized spacial score (nSPS) is 10.3. The minimum atomic E-state index is 0.356. The molecule has 1 heterocycles. The van der Waals surface area contributed by atoms with E-state index in [0.29, 0.717) is 34.8 Å². The average Bonchev–Trinajstić information content (AvgIpc) is 3.10. The smallest absolute Gasteiger partial charge is 0.248 e. The first-order valence-corrected chi connectivity index (χ1v) is 8.73. The van der Waals surface area contributed by atoms with Crippen molar-refractivity contribution < 1.29 is 9.47 Å². The molecular formula is C19H21N5O2S. The fourth-order valence-corrected chi connectivity index (χ4v) is 2.68. The summed E-state index contributed by atoms with van der Waals surface area (Å²) in [5.74, 6) is 1.76. The van der Waals surface area contributed by atoms with Gasteiger partial charge in [-0.1, -0.05) is 29.8 Å². The number of hydrogen-bond donors (Lipinski definition) is 2. The second-order valence-corrected chi connectivity index (χ2v) is 6.30. The van der Waals surface area contributed by atoms with Crippen molar-refractivity contribution in [1.29, 1.82) is 0 Å². The summed E-state index contributed by atoms with van der Waals surface area (Å²) in [7, 11) is 3.20. The second kappa shape index (κ2) is 8.50. The molecule has 0 bridgehead atoms. The van der Waals surface area contributed by atoms with Crippen LogP contribution < -0.4 is 20.1 Å². The van der Waals surface area contributed by atoms with Crippen molar-refractivity contribution in [3.63, 3.8) is 0 Å². The number of aromatic nitrogens is 3. The van der Waals surface area contributed by atoms with Crippen LogP contribution in [0.1, 0.15) is 11.1 Å². The van der Waals surface area contributed by atoms with E-state index in [0.717, 1.165) is 5.56 Å². The van der Waals surface area contributed by atoms with E-state index in [-0.39, 0.29) is 0 Å². The lowest BCUT2D eigenvalue weighted by atomic mass is 10.1. The van der Waals surface area contributed by atoms with Crippen molar-refractivity contribution in [1.82, 2.24) is 14.8 Å². The lowest BCUT2D eigenvalue weighted by Crippen LogP contribution is -2.20. The molecular weight excluding hydrogens is 362 g/mol. The van der Waals surface area contributed by atoms with Crippen LogP contribution in [0.2, 0.25) is 0 Å². The molecule has 3 rings (SSSR count). The van der Waals surface area contributed by atoms with Gasteiger partial charge in [-0.15, -0.1) is 5.10 Å². The van der Waals surface area contributed by atoms with Gasteiger partial charge in [0, 0.05) is 6.07 Å². The van der Waals surface area contributed by atoms with Crippen LogP contribution in [0, 0.1) is 6.92 Å². The number of ether oxygens (including phenoxy) is 2. The Balaban J connectivity index is 1.63. The van der Waals surface area contributed by atoms with E-state index < -0.39 is 0 Å². The van der Waals surface area contributed by atoms with Crippen LogP contribution in [-0.2, 0) is 6.54 Å². The summed E-state index contributed by atoms with van der Waals surface area (Å²) in [5, 5.41) is 10.8. The minimum absolute atomic E-state index is 0.356. The van der Waals surface area contributed by atoms with Crippen molar-refractivity contribution in [2.75, 3.05) is 24.9 Å². The van der Waals surface area contributed by atoms with Gasteiger partial charge in [0.15, 0.2) is 5.11 Å². The number of aryl methyl sites for hydroxylation is 1. The van der Waals surface area contributed by atoms with Gasteiger partial charge in [-0.2, -0.15) is 0 Å². The van der Waals surface area contributed by atoms with Crippen molar-refractivity contribution in [2.24, 2.45) is 0 Å². The maximum atomic E-state index is 5.35. The van der Waals surface area contributed by atoms with Crippen molar-refractivity contribution in [3.05, 3.63) is 59.9 Å². The molecule has 0 fully saturated rings. The number of rotatable bonds is 6. The molecule has 0 unspecified atom stereocenters. The molecule has 1 aromatic heterocycles. The lowest BCUT2D eigenvalue weighted by molar-refractivity contribution is 0.405. The molecule has 27 heavy (non-hydrogen) atoms. The highest BCUT2D eigenvalue weighted by atomic mass is 32.1. The molecule has 2 N–H and O–H groups in total. The predicted octanol–water partition coefficient (Wildman–Crippen LogP) is 3.46. The van der Waals surface area contributed by atoms with Gasteiger partial charge in [0.05, 0.1) is 26.5 Å². The molecule has 0 atom stereocenters. The highest BCUT2D eigenvalue weighted by molar-refractivity contribution is 7.80. The number of nitrogens with zero attached hydrogens (tertiary/aromatic N) is 3. The summed E-state index contributed by atoms with van der Waals surface area (Å²) in [6.45, 7) is 2.70. The number of anilines is 2. The molecule has 0 aliphatic rings. The number of methoxy groups -OCH3 is 2. The Kier molecular flexibility index (Phi) is 5.87. The van der Waals surface area contributed by atoms with E-state index in [2.05, 4.69) is 51.9 Å². The van der Waals surface area contributed by atoms with Gasteiger partial charge in [0.2, 0.25) is 5.95 Å². The zero-order chi connectivity index (χ0) is 19.2. The topological polar surface area (TPSA) is 73.2 Å². The monoisotopic (exact) mass is 383 g/mol. The molecule has 0 spiro atoms. The zero-order valence-electron chi connectivity index (χ0n) is 15.4. The molecule has 140 valence electrons. The lowest BCUT2D eigenvalue weighted by Gasteiger charge is -2.13. The number of benzene rings is 2. The van der Waals surface area contributed by atoms with Crippen LogP contribution in [0.15, 0.2) is 48.8 Å². The molecule has 8 heteroatoms. The van der Waals surface area contributed by atoms with Crippen LogP contribution in [0.4, 0.5) is 11.6 Å². The van der Waals surface area contributed by atoms with Crippen LogP contribution in [0.5, 0.6) is 11.5 Å². The summed E-state index contributed by atoms with van der Waals surface area (Å²) < 4.78 is 12.3. The van der Waals surface area contributed by atoms with Gasteiger partial charge < -0.3 is 14.8 Å². The Hall–Kier alpha value is -3.13. The van der Waals surface area contributed by atoms with Gasteiger partial charge in [-0.05, 0) is 36.8 Å². The largest absolute Gasteiger partial charge is 0.497 e. The van der Waals surface area contributed by atoms with Gasteiger partial charge in [-0.3, -0.25) is 5.32 Å². The highest BCUT2D eigenvalue weighted by Crippen LogP contribution is 2.28. The molecule has 7 nitrogen and oxygen atoms in total. The third-order valence-corrected chi connectivity index (χ3v) is 4.09. The first-order chi connectivity index (χ1) is 13.1. The van der Waals surface area contributed by atoms with Gasteiger partial charge in [0.1, 0.15) is 17.8 Å². The Morgan fingerprint density at radius 1 is 1.07 bits per heavy atom. The summed E-state index contributed by atoms with van der Waals surface area (Å²) in [6.07, 6.45) is 1.66. The van der Waals surface area contributed by atoms with Crippen LogP contribution in [0.3, 0.4) is 0 Å². The zero-order valence-corrected chi connectivity index (χ0v) is 16.2. The Morgan fingerprint density at radius 3 is 2.56 bits per heavy atom. The first kappa shape index (κ1) is 18.7. The summed E-state index contributed by atoms with van der Waals surface area (Å²) >= 11 is 5.35. The molecule has 0 aliphatic heterocycles. The number of nitrogens with one attached hydrogen (secondary N) is 2. The molecule has 0 radical (unpaired) electrons. The Bertz CT molecular complexity index is 924. The van der Waals surface area contributed by atoms with Crippen molar-refractivity contribution >= 4 is 29.0 Å². The van der Waals surface area contributed by atoms with E-state index in [1.807, 2.05) is 6.07 Å². The van der Waals surface area contributed by atoms with E-state index in [1.54, 1.807) is 37.4 Å². The third-order valence-electron chi connectivity index (χ3n) is 3.88. The van der Waals surface area contributed by atoms with Crippen LogP contribution >= 0.6 is 12.2 Å². The average molecular weight is 383 g/mol. The predicted molar refractivity (Wildman–Crippen MR) is 110 cm³/mol. The molecule has 0 aliphatic carbocycles. The van der Waals surface area contributed by atoms with Gasteiger partial charge >= 0.3 is 0 Å². The maximum Gasteiger partial charge on any atom is 0.248 e. The fourth-order valence-electron chi connectivity index (χ4n) is 2.48. The van der Waals surface area contributed by atoms with Crippen LogP contribution in [0.25, 0.3) is 0 Å². The molecule has 0 amide bonds. The first-order valence-electron chi connectivity index (χ1n) is 8.32. The standard InChI is InChI=1S/C19H21N5O2S/c1-13-4-6-14(7-5-13)11-24-12-20-18(23-24)22-19(27)21-16-10-15(25-2)8-9-17(16)26-3/h4-10,12H,11H2,1-3H3,(H2,21,22,23,27). The highest BCUT2D eigenvalue weighted by Gasteiger charge is 2.09. The molecule has 0 saturated heterocycles. The SMILES string of the molecule is COc1ccc(OC)c(NC(=S)Nc2ncn(Cc3ccc(C)cc3)n2)c1. The van der Waals surface area contributed by atoms with Crippen molar-refractivity contribution in [2.45, 2.75) is 13.5 Å². The molecule has 0 saturated carbocycles. The van der Waals surface area contributed by atoms with E-state index in [9.17, 15) is 0 Å². The van der Waals surface area contributed by atoms with E-state index in [1.165, 1.54) is 5.56 Å². The van der Waals surface area contributed by atoms with Gasteiger partial charge in [0.25, 0.3) is 0 Å². The van der Waals surface area contributed by atoms with E-state index in [4.69, 9.17) is 21.7 Å². The maximum absolute atomic E-state index is 5.35. The fraction of sp³-hybridized carbons (Fsp3) is 0.211. The second-order valence-electron chi connectivity index (χ2n) is 5.90. The van der Waals surface area contributed by atoms with E-state index >= 15 is 0 Å². The number of thiocarbonyl (C=S) groups is 1. The molecule has 2 aromatic carbocycles. The summed E-state index contributed by atoms with van der Waals surface area (Å²) in [6, 6.07) is 13.7. The Labute approximate surface area is 163 Å². The Morgan fingerprint density at radius 2 is 1.85 bits per heavy atom. The summed E-state index contributed by atoms with van der Waals surface area (Å²) in [4.78, 5) is 4.25. The van der Waals surface area contributed by atoms with Crippen molar-refractivity contribution in [3.8, 4) is 11.5 Å². The quantitative estimate of drug-likeness (QED) is 0.632. The van der Waals surface area contributed by atoms with Gasteiger partial charge in [-0.25, -0.2) is 9.67 Å². The molecule has 3 aromatic rings. The summed E-state index contributed by atoms with van der Waals surface area (Å²) in [5.41, 5.74) is 3.07. The number of hydrogen-bond acceptors (Lipinski definition) is 5.